The molecular weight excluding hydrogens is 745 g/mol. The van der Waals surface area contributed by atoms with Crippen LogP contribution in [0.25, 0.3) is 17.0 Å². The first-order valence-electron chi connectivity index (χ1n) is 19.9. The molecule has 306 valence electrons. The number of methoxy groups -OCH3 is 1. The molecule has 2 N–H and O–H groups in total. The van der Waals surface area contributed by atoms with Crippen LogP contribution in [0.2, 0.25) is 0 Å². The van der Waals surface area contributed by atoms with Gasteiger partial charge in [0.25, 0.3) is 0 Å². The second kappa shape index (κ2) is 18.9. The number of nitrogens with one attached hydrogen (secondary N) is 2. The van der Waals surface area contributed by atoms with Crippen LogP contribution in [0, 0.1) is 36.0 Å². The SMILES string of the molecule is CCCCC1CC(C)CC(CCCC)C1OC(=O)C1=C(C#N)/C(=N\c2ccc(N(CC)CNS(C)(=O)=O)cc2C)n2nc(-c3ccc(OC)c(NC(C)=O)c3)nc21. The first-order valence-corrected chi connectivity index (χ1v) is 21.8. The molecule has 0 spiro atoms. The number of aryl methyl sites for hydroxylation is 1. The number of carbonyl (C=O) groups excluding carboxylic acids is 2. The maximum absolute atomic E-state index is 14.6. The van der Waals surface area contributed by atoms with Crippen LogP contribution in [0.3, 0.4) is 0 Å². The Hall–Kier alpha value is -5.07. The minimum atomic E-state index is -3.41. The number of ether oxygens (including phenoxy) is 2. The summed E-state index contributed by atoms with van der Waals surface area (Å²) in [4.78, 5) is 38.3. The number of nitriles is 1. The van der Waals surface area contributed by atoms with Crippen LogP contribution in [-0.4, -0.2) is 73.6 Å². The molecule has 2 unspecified atom stereocenters. The normalized spacial score (nSPS) is 19.9. The van der Waals surface area contributed by atoms with Crippen molar-refractivity contribution in [3.05, 3.63) is 53.4 Å². The monoisotopic (exact) mass is 800 g/mol. The van der Waals surface area contributed by atoms with Crippen LogP contribution in [0.5, 0.6) is 5.75 Å². The fourth-order valence-corrected chi connectivity index (χ4v) is 8.31. The minimum absolute atomic E-state index is 0.00521. The van der Waals surface area contributed by atoms with Crippen molar-refractivity contribution in [1.29, 1.82) is 5.26 Å². The third-order valence-corrected chi connectivity index (χ3v) is 11.4. The number of nitrogens with zero attached hydrogens (tertiary/aromatic N) is 6. The number of carbonyl (C=O) groups is 2. The number of esters is 1. The van der Waals surface area contributed by atoms with E-state index in [2.05, 4.69) is 36.9 Å². The van der Waals surface area contributed by atoms with Gasteiger partial charge in [-0.05, 0) is 99.2 Å². The van der Waals surface area contributed by atoms with Crippen LogP contribution in [0.15, 0.2) is 47.0 Å². The molecule has 1 aliphatic heterocycles. The van der Waals surface area contributed by atoms with Crippen molar-refractivity contribution in [3.8, 4) is 23.2 Å². The van der Waals surface area contributed by atoms with Crippen LogP contribution in [-0.2, 0) is 24.3 Å². The quantitative estimate of drug-likeness (QED) is 0.103. The Morgan fingerprint density at radius 1 is 1.07 bits per heavy atom. The van der Waals surface area contributed by atoms with Gasteiger partial charge in [-0.1, -0.05) is 46.5 Å². The van der Waals surface area contributed by atoms with Gasteiger partial charge in [-0.2, -0.15) is 14.7 Å². The molecule has 2 aromatic carbocycles. The summed E-state index contributed by atoms with van der Waals surface area (Å²) in [5.74, 6) is 0.974. The number of amides is 1. The van der Waals surface area contributed by atoms with Gasteiger partial charge in [0.05, 0.1) is 31.4 Å². The predicted octanol–water partition coefficient (Wildman–Crippen LogP) is 7.38. The summed E-state index contributed by atoms with van der Waals surface area (Å²) in [5, 5.41) is 18.3. The maximum atomic E-state index is 14.6. The van der Waals surface area contributed by atoms with Gasteiger partial charge < -0.3 is 19.7 Å². The summed E-state index contributed by atoms with van der Waals surface area (Å²) in [5.41, 5.74) is 3.01. The molecule has 2 atom stereocenters. The van der Waals surface area contributed by atoms with Gasteiger partial charge in [0, 0.05) is 24.7 Å². The van der Waals surface area contributed by atoms with E-state index in [1.807, 2.05) is 30.9 Å². The lowest BCUT2D eigenvalue weighted by Crippen LogP contribution is -2.40. The Morgan fingerprint density at radius 3 is 2.32 bits per heavy atom. The van der Waals surface area contributed by atoms with Crippen molar-refractivity contribution < 1.29 is 27.5 Å². The number of rotatable bonds is 17. The molecule has 1 aromatic heterocycles. The molecule has 1 aliphatic carbocycles. The number of anilines is 2. The molecule has 2 aliphatic rings. The van der Waals surface area contributed by atoms with E-state index < -0.39 is 16.0 Å². The summed E-state index contributed by atoms with van der Waals surface area (Å²) in [7, 11) is -1.90. The Kier molecular flexibility index (Phi) is 14.3. The highest BCUT2D eigenvalue weighted by Gasteiger charge is 2.42. The summed E-state index contributed by atoms with van der Waals surface area (Å²) in [6.07, 6.45) is 8.85. The Labute approximate surface area is 336 Å². The molecular formula is C42H56N8O6S. The molecule has 57 heavy (non-hydrogen) atoms. The number of aliphatic imine (C=N–C) groups is 1. The highest BCUT2D eigenvalue weighted by molar-refractivity contribution is 7.88. The third-order valence-electron chi connectivity index (χ3n) is 10.7. The Balaban J connectivity index is 1.62. The van der Waals surface area contributed by atoms with Crippen molar-refractivity contribution in [3.63, 3.8) is 0 Å². The van der Waals surface area contributed by atoms with Crippen molar-refractivity contribution in [2.75, 3.05) is 36.8 Å². The average Bonchev–Trinajstić information content (AvgIpc) is 3.71. The van der Waals surface area contributed by atoms with Gasteiger partial charge >= 0.3 is 5.97 Å². The largest absolute Gasteiger partial charge is 0.495 e. The topological polar surface area (TPSA) is 181 Å². The average molecular weight is 801 g/mol. The highest BCUT2D eigenvalue weighted by Crippen LogP contribution is 2.42. The van der Waals surface area contributed by atoms with Crippen molar-refractivity contribution in [2.24, 2.45) is 22.7 Å². The molecule has 15 heteroatoms. The van der Waals surface area contributed by atoms with E-state index in [0.29, 0.717) is 35.2 Å². The smallest absolute Gasteiger partial charge is 0.343 e. The van der Waals surface area contributed by atoms with E-state index >= 15 is 0 Å². The second-order valence-corrected chi connectivity index (χ2v) is 17.0. The molecule has 2 heterocycles. The van der Waals surface area contributed by atoms with Gasteiger partial charge in [0.2, 0.25) is 15.9 Å². The molecule has 5 rings (SSSR count). The van der Waals surface area contributed by atoms with Crippen LogP contribution >= 0.6 is 0 Å². The van der Waals surface area contributed by atoms with Crippen LogP contribution < -0.4 is 19.7 Å². The van der Waals surface area contributed by atoms with E-state index in [-0.39, 0.29) is 59.1 Å². The Bertz CT molecular complexity index is 2150. The van der Waals surface area contributed by atoms with Gasteiger partial charge in [-0.3, -0.25) is 4.79 Å². The summed E-state index contributed by atoms with van der Waals surface area (Å²) >= 11 is 0. The van der Waals surface area contributed by atoms with E-state index in [0.717, 1.165) is 68.9 Å². The maximum Gasteiger partial charge on any atom is 0.343 e. The fraction of sp³-hybridized carbons (Fsp3) is 0.524. The number of unbranched alkanes of at least 4 members (excludes halogenated alkanes) is 2. The molecule has 0 saturated heterocycles. The van der Waals surface area contributed by atoms with E-state index in [4.69, 9.17) is 24.5 Å². The third kappa shape index (κ3) is 10.3. The number of benzene rings is 2. The highest BCUT2D eigenvalue weighted by atomic mass is 32.2. The lowest BCUT2D eigenvalue weighted by atomic mass is 9.70. The van der Waals surface area contributed by atoms with Gasteiger partial charge in [0.15, 0.2) is 17.5 Å². The molecule has 0 radical (unpaired) electrons. The predicted molar refractivity (Wildman–Crippen MR) is 223 cm³/mol. The molecule has 0 bridgehead atoms. The number of aromatic nitrogens is 3. The number of sulfonamides is 1. The van der Waals surface area contributed by atoms with Crippen LogP contribution in [0.1, 0.15) is 97.4 Å². The molecule has 3 aromatic rings. The zero-order valence-corrected chi connectivity index (χ0v) is 35.2. The van der Waals surface area contributed by atoms with Crippen molar-refractivity contribution in [1.82, 2.24) is 19.5 Å². The Morgan fingerprint density at radius 2 is 1.75 bits per heavy atom. The minimum Gasteiger partial charge on any atom is -0.495 e. The van der Waals surface area contributed by atoms with Gasteiger partial charge in [-0.15, -0.1) is 5.10 Å². The fourth-order valence-electron chi connectivity index (χ4n) is 7.92. The first kappa shape index (κ1) is 43.1. The van der Waals surface area contributed by atoms with Gasteiger partial charge in [0.1, 0.15) is 29.1 Å². The summed E-state index contributed by atoms with van der Waals surface area (Å²) in [6.45, 7) is 12.5. The summed E-state index contributed by atoms with van der Waals surface area (Å²) < 4.78 is 39.6. The van der Waals surface area contributed by atoms with E-state index in [1.54, 1.807) is 24.3 Å². The molecule has 1 saturated carbocycles. The standard InChI is InChI=1S/C42H56N8O6S/c1-9-12-14-29-20-26(4)21-30(15-13-10-2)38(29)56-42(52)37-33(24-43)40(46-34-18-17-32(22-27(34)5)49(11-3)25-44-57(8,53)54)50-41(37)47-39(48-50)31-16-19-36(55-7)35(23-31)45-28(6)51/h16-19,22-23,26,29-30,38,44H,9-15,20-21,25H2,1-8H3,(H,45,51)/b46-40+. The lowest BCUT2D eigenvalue weighted by Gasteiger charge is -2.41. The number of hydrogen-bond acceptors (Lipinski definition) is 11. The van der Waals surface area contributed by atoms with Crippen molar-refractivity contribution in [2.45, 2.75) is 99.0 Å². The number of allylic oxidation sites excluding steroid dienone is 1. The zero-order chi connectivity index (χ0) is 41.4. The zero-order valence-electron chi connectivity index (χ0n) is 34.4. The number of hydrogen-bond donors (Lipinski definition) is 2. The van der Waals surface area contributed by atoms with E-state index in [9.17, 15) is 23.3 Å². The number of fused-ring (bicyclic) bond motifs is 1. The van der Waals surface area contributed by atoms with Crippen molar-refractivity contribution >= 4 is 50.4 Å². The van der Waals surface area contributed by atoms with E-state index in [1.165, 1.54) is 18.7 Å². The lowest BCUT2D eigenvalue weighted by molar-refractivity contribution is -0.152. The second-order valence-electron chi connectivity index (χ2n) is 15.2. The summed E-state index contributed by atoms with van der Waals surface area (Å²) in [6, 6.07) is 12.9. The first-order chi connectivity index (χ1) is 27.2. The van der Waals surface area contributed by atoms with Gasteiger partial charge in [-0.25, -0.2) is 23.2 Å². The molecule has 1 amide bonds. The molecule has 14 nitrogen and oxygen atoms in total. The van der Waals surface area contributed by atoms with Crippen LogP contribution in [0.4, 0.5) is 17.1 Å². The molecule has 1 fully saturated rings.